The summed E-state index contributed by atoms with van der Waals surface area (Å²) in [5, 5.41) is 1.97. The van der Waals surface area contributed by atoms with Gasteiger partial charge < -0.3 is 0 Å². The van der Waals surface area contributed by atoms with E-state index in [1.165, 1.54) is 0 Å². The maximum atomic E-state index is 13.6. The molecule has 3 rings (SSSR count). The van der Waals surface area contributed by atoms with Gasteiger partial charge in [0.1, 0.15) is 5.82 Å². The molecule has 1 fully saturated rings. The number of nitrogens with zero attached hydrogens (tertiary/aromatic N) is 1. The highest BCUT2D eigenvalue weighted by atomic mass is 19.1. The van der Waals surface area contributed by atoms with Crippen molar-refractivity contribution in [3.8, 4) is 0 Å². The van der Waals surface area contributed by atoms with Crippen molar-refractivity contribution in [2.45, 2.75) is 18.8 Å². The van der Waals surface area contributed by atoms with Crippen LogP contribution in [0.25, 0.3) is 10.8 Å². The van der Waals surface area contributed by atoms with Crippen molar-refractivity contribution in [3.05, 3.63) is 42.0 Å². The van der Waals surface area contributed by atoms with E-state index in [1.54, 1.807) is 18.5 Å². The molecule has 0 amide bonds. The predicted octanol–water partition coefficient (Wildman–Crippen LogP) is 3.25. The van der Waals surface area contributed by atoms with E-state index in [0.717, 1.165) is 29.2 Å². The van der Waals surface area contributed by atoms with E-state index in [1.807, 2.05) is 12.1 Å². The van der Waals surface area contributed by atoms with Gasteiger partial charge in [0.25, 0.3) is 0 Å². The molecule has 1 aliphatic rings. The maximum Gasteiger partial charge on any atom is 0.127 e. The Bertz CT molecular complexity index is 489. The smallest absolute Gasteiger partial charge is 0.127 e. The van der Waals surface area contributed by atoms with Crippen LogP contribution in [0.4, 0.5) is 4.39 Å². The lowest BCUT2D eigenvalue weighted by molar-refractivity contribution is 0.613. The topological polar surface area (TPSA) is 12.9 Å². The fraction of sp³-hybridized carbons (Fsp3) is 0.250. The van der Waals surface area contributed by atoms with E-state index in [-0.39, 0.29) is 5.82 Å². The van der Waals surface area contributed by atoms with Crippen LogP contribution in [0.1, 0.15) is 24.3 Å². The zero-order valence-corrected chi connectivity index (χ0v) is 7.70. The standard InChI is InChI=1S/C12H10FN/c13-12-6-10-7-14-4-3-9(10)5-11(12)8-1-2-8/h3-8H,1-2H2. The Hall–Kier alpha value is -1.44. The monoisotopic (exact) mass is 187 g/mol. The highest BCUT2D eigenvalue weighted by Gasteiger charge is 2.26. The Morgan fingerprint density at radius 3 is 2.86 bits per heavy atom. The Kier molecular flexibility index (Phi) is 1.57. The molecule has 1 aliphatic carbocycles. The van der Waals surface area contributed by atoms with Crippen LogP contribution in [-0.2, 0) is 0 Å². The minimum Gasteiger partial charge on any atom is -0.264 e. The van der Waals surface area contributed by atoms with E-state index in [0.29, 0.717) is 5.92 Å². The average Bonchev–Trinajstić information content (AvgIpc) is 3.00. The van der Waals surface area contributed by atoms with Crippen LogP contribution in [0, 0.1) is 5.82 Å². The molecule has 70 valence electrons. The highest BCUT2D eigenvalue weighted by molar-refractivity contribution is 5.82. The van der Waals surface area contributed by atoms with Crippen LogP contribution >= 0.6 is 0 Å². The van der Waals surface area contributed by atoms with Gasteiger partial charge in [0.2, 0.25) is 0 Å². The average molecular weight is 187 g/mol. The molecule has 0 radical (unpaired) electrons. The lowest BCUT2D eigenvalue weighted by atomic mass is 10.1. The zero-order chi connectivity index (χ0) is 9.54. The number of rotatable bonds is 1. The normalized spacial score (nSPS) is 16.1. The summed E-state index contributed by atoms with van der Waals surface area (Å²) >= 11 is 0. The summed E-state index contributed by atoms with van der Waals surface area (Å²) < 4.78 is 13.6. The lowest BCUT2D eigenvalue weighted by Gasteiger charge is -2.03. The molecule has 0 saturated heterocycles. The van der Waals surface area contributed by atoms with Gasteiger partial charge in [0, 0.05) is 17.8 Å². The van der Waals surface area contributed by atoms with Gasteiger partial charge in [-0.25, -0.2) is 4.39 Å². The number of pyridine rings is 1. The van der Waals surface area contributed by atoms with Crippen molar-refractivity contribution in [1.29, 1.82) is 0 Å². The van der Waals surface area contributed by atoms with Crippen molar-refractivity contribution in [2.75, 3.05) is 0 Å². The van der Waals surface area contributed by atoms with E-state index in [9.17, 15) is 4.39 Å². The summed E-state index contributed by atoms with van der Waals surface area (Å²) in [5.74, 6) is 0.389. The molecule has 2 aromatic rings. The van der Waals surface area contributed by atoms with Crippen LogP contribution in [0.15, 0.2) is 30.6 Å². The van der Waals surface area contributed by atoms with Crippen LogP contribution in [0.3, 0.4) is 0 Å². The Morgan fingerprint density at radius 2 is 2.07 bits per heavy atom. The second kappa shape index (κ2) is 2.77. The van der Waals surface area contributed by atoms with Gasteiger partial charge in [-0.15, -0.1) is 0 Å². The minimum absolute atomic E-state index is 0.0759. The Labute approximate surface area is 81.6 Å². The molecule has 0 bridgehead atoms. The lowest BCUT2D eigenvalue weighted by Crippen LogP contribution is -1.88. The number of fused-ring (bicyclic) bond motifs is 1. The summed E-state index contributed by atoms with van der Waals surface area (Å²) in [5.41, 5.74) is 0.878. The minimum atomic E-state index is -0.0759. The van der Waals surface area contributed by atoms with Gasteiger partial charge >= 0.3 is 0 Å². The molecular weight excluding hydrogens is 177 g/mol. The fourth-order valence-electron chi connectivity index (χ4n) is 1.83. The van der Waals surface area contributed by atoms with E-state index >= 15 is 0 Å². The van der Waals surface area contributed by atoms with Crippen molar-refractivity contribution in [3.63, 3.8) is 0 Å². The first-order valence-electron chi connectivity index (χ1n) is 4.88. The third kappa shape index (κ3) is 1.18. The number of benzene rings is 1. The first-order chi connectivity index (χ1) is 6.84. The van der Waals surface area contributed by atoms with Gasteiger partial charge in [-0.2, -0.15) is 0 Å². The Balaban J connectivity index is 2.26. The SMILES string of the molecule is Fc1cc2cnccc2cc1C1CC1. The molecule has 2 heteroatoms. The largest absolute Gasteiger partial charge is 0.264 e. The van der Waals surface area contributed by atoms with Crippen molar-refractivity contribution >= 4 is 10.8 Å². The van der Waals surface area contributed by atoms with Crippen molar-refractivity contribution < 1.29 is 4.39 Å². The highest BCUT2D eigenvalue weighted by Crippen LogP contribution is 2.42. The number of hydrogen-bond acceptors (Lipinski definition) is 1. The molecule has 0 aliphatic heterocycles. The summed E-state index contributed by atoms with van der Waals surface area (Å²) in [7, 11) is 0. The quantitative estimate of drug-likeness (QED) is 0.667. The molecule has 0 unspecified atom stereocenters. The molecule has 14 heavy (non-hydrogen) atoms. The molecule has 0 spiro atoms. The molecule has 1 saturated carbocycles. The van der Waals surface area contributed by atoms with E-state index in [4.69, 9.17) is 0 Å². The van der Waals surface area contributed by atoms with Crippen LogP contribution in [-0.4, -0.2) is 4.98 Å². The van der Waals surface area contributed by atoms with Gasteiger partial charge in [-0.1, -0.05) is 0 Å². The van der Waals surface area contributed by atoms with Gasteiger partial charge in [0.15, 0.2) is 0 Å². The van der Waals surface area contributed by atoms with Gasteiger partial charge in [-0.3, -0.25) is 4.98 Å². The molecule has 1 aromatic carbocycles. The molecule has 1 nitrogen and oxygen atoms in total. The number of halogens is 1. The van der Waals surface area contributed by atoms with Crippen LogP contribution < -0.4 is 0 Å². The molecule has 1 aromatic heterocycles. The summed E-state index contributed by atoms with van der Waals surface area (Å²) in [6.45, 7) is 0. The fourth-order valence-corrected chi connectivity index (χ4v) is 1.83. The van der Waals surface area contributed by atoms with Gasteiger partial charge in [0.05, 0.1) is 0 Å². The third-order valence-corrected chi connectivity index (χ3v) is 2.77. The summed E-state index contributed by atoms with van der Waals surface area (Å²) in [6.07, 6.45) is 5.72. The first kappa shape index (κ1) is 7.92. The molecule has 0 atom stereocenters. The zero-order valence-electron chi connectivity index (χ0n) is 7.70. The van der Waals surface area contributed by atoms with Crippen molar-refractivity contribution in [1.82, 2.24) is 4.98 Å². The number of hydrogen-bond donors (Lipinski definition) is 0. The summed E-state index contributed by atoms with van der Waals surface area (Å²) in [6, 6.07) is 5.49. The summed E-state index contributed by atoms with van der Waals surface area (Å²) in [4.78, 5) is 3.98. The first-order valence-corrected chi connectivity index (χ1v) is 4.88. The van der Waals surface area contributed by atoms with Crippen LogP contribution in [0.2, 0.25) is 0 Å². The molecule has 0 N–H and O–H groups in total. The predicted molar refractivity (Wildman–Crippen MR) is 53.7 cm³/mol. The van der Waals surface area contributed by atoms with Gasteiger partial charge in [-0.05, 0) is 47.9 Å². The van der Waals surface area contributed by atoms with Crippen molar-refractivity contribution in [2.24, 2.45) is 0 Å². The Morgan fingerprint density at radius 1 is 1.21 bits per heavy atom. The van der Waals surface area contributed by atoms with E-state index < -0.39 is 0 Å². The third-order valence-electron chi connectivity index (χ3n) is 2.77. The van der Waals surface area contributed by atoms with Crippen LogP contribution in [0.5, 0.6) is 0 Å². The number of aromatic nitrogens is 1. The maximum absolute atomic E-state index is 13.6. The molecular formula is C12H10FN. The molecule has 1 heterocycles. The van der Waals surface area contributed by atoms with E-state index in [2.05, 4.69) is 4.98 Å². The second-order valence-corrected chi connectivity index (χ2v) is 3.87. The second-order valence-electron chi connectivity index (χ2n) is 3.87.